The van der Waals surface area contributed by atoms with Crippen molar-refractivity contribution in [1.82, 2.24) is 15.2 Å². The SMILES string of the molecule is CCC[C@]1(C)CCC[C@H](Oc2ccc(-c3ccc(-c4ccnc(OC)c4)cc3O)nn2)[C@@H]1F. The number of nitrogens with zero attached hydrogens (tertiary/aromatic N) is 3. The summed E-state index contributed by atoms with van der Waals surface area (Å²) in [6, 6.07) is 12.4. The lowest BCUT2D eigenvalue weighted by atomic mass is 9.70. The topological polar surface area (TPSA) is 77.4 Å². The molecule has 1 N–H and O–H groups in total. The third-order valence-corrected chi connectivity index (χ3v) is 6.51. The van der Waals surface area contributed by atoms with Crippen LogP contribution in [0.15, 0.2) is 48.7 Å². The van der Waals surface area contributed by atoms with Crippen molar-refractivity contribution in [2.45, 2.75) is 58.2 Å². The Bertz CT molecular complexity index is 1090. The molecular weight excluding hydrogens is 421 g/mol. The second-order valence-electron chi connectivity index (χ2n) is 8.93. The van der Waals surface area contributed by atoms with Gasteiger partial charge in [0.2, 0.25) is 11.8 Å². The lowest BCUT2D eigenvalue weighted by Gasteiger charge is -2.41. The molecular formula is C26H30FN3O3. The maximum atomic E-state index is 15.2. The normalized spacial score (nSPS) is 22.7. The van der Waals surface area contributed by atoms with Crippen molar-refractivity contribution in [1.29, 1.82) is 0 Å². The molecule has 0 bridgehead atoms. The predicted molar refractivity (Wildman–Crippen MR) is 125 cm³/mol. The van der Waals surface area contributed by atoms with Crippen LogP contribution >= 0.6 is 0 Å². The number of halogens is 1. The minimum atomic E-state index is -1.03. The molecule has 0 aliphatic heterocycles. The van der Waals surface area contributed by atoms with E-state index >= 15 is 4.39 Å². The summed E-state index contributed by atoms with van der Waals surface area (Å²) in [6.07, 6.45) is 4.41. The summed E-state index contributed by atoms with van der Waals surface area (Å²) in [6.45, 7) is 4.10. The standard InChI is InChI=1S/C26H30FN3O3/c1-4-12-26(2)13-5-6-22(25(26)27)33-23-10-9-20(29-30-23)19-8-7-17(15-21(19)31)18-11-14-28-24(16-18)32-3/h7-11,14-16,22,25,31H,4-6,12-13H2,1-3H3/t22-,25-,26+/m0/s1. The maximum absolute atomic E-state index is 15.2. The van der Waals surface area contributed by atoms with Gasteiger partial charge in [0.1, 0.15) is 18.0 Å². The summed E-state index contributed by atoms with van der Waals surface area (Å²) in [5.74, 6) is 0.880. The third kappa shape index (κ3) is 4.92. The molecule has 4 rings (SSSR count). The van der Waals surface area contributed by atoms with Gasteiger partial charge < -0.3 is 14.6 Å². The second-order valence-corrected chi connectivity index (χ2v) is 8.93. The number of benzene rings is 1. The Hall–Kier alpha value is -3.22. The Morgan fingerprint density at radius 1 is 1.09 bits per heavy atom. The van der Waals surface area contributed by atoms with Crippen LogP contribution in [0.2, 0.25) is 0 Å². The van der Waals surface area contributed by atoms with Crippen molar-refractivity contribution < 1.29 is 19.0 Å². The number of alkyl halides is 1. The molecule has 6 nitrogen and oxygen atoms in total. The molecule has 0 saturated heterocycles. The largest absolute Gasteiger partial charge is 0.507 e. The number of hydrogen-bond donors (Lipinski definition) is 1. The number of pyridine rings is 1. The summed E-state index contributed by atoms with van der Waals surface area (Å²) in [4.78, 5) is 4.10. The van der Waals surface area contributed by atoms with Gasteiger partial charge >= 0.3 is 0 Å². The Morgan fingerprint density at radius 2 is 1.91 bits per heavy atom. The summed E-state index contributed by atoms with van der Waals surface area (Å²) >= 11 is 0. The number of aromatic nitrogens is 3. The molecule has 1 saturated carbocycles. The van der Waals surface area contributed by atoms with Crippen molar-refractivity contribution in [3.05, 3.63) is 48.7 Å². The zero-order chi connectivity index (χ0) is 23.4. The lowest BCUT2D eigenvalue weighted by molar-refractivity contribution is -0.0330. The van der Waals surface area contributed by atoms with Gasteiger partial charge in [-0.1, -0.05) is 26.3 Å². The molecule has 0 amide bonds. The van der Waals surface area contributed by atoms with E-state index in [1.165, 1.54) is 0 Å². The average Bonchev–Trinajstić information content (AvgIpc) is 2.83. The molecule has 0 radical (unpaired) electrons. The van der Waals surface area contributed by atoms with Gasteiger partial charge in [-0.15, -0.1) is 10.2 Å². The zero-order valence-electron chi connectivity index (χ0n) is 19.3. The number of rotatable bonds is 7. The van der Waals surface area contributed by atoms with Crippen LogP contribution in [-0.4, -0.2) is 39.7 Å². The maximum Gasteiger partial charge on any atom is 0.233 e. The van der Waals surface area contributed by atoms with E-state index in [0.717, 1.165) is 36.8 Å². The van der Waals surface area contributed by atoms with E-state index in [4.69, 9.17) is 9.47 Å². The van der Waals surface area contributed by atoms with E-state index in [1.54, 1.807) is 43.6 Å². The van der Waals surface area contributed by atoms with Crippen molar-refractivity contribution in [3.8, 4) is 39.9 Å². The summed E-state index contributed by atoms with van der Waals surface area (Å²) in [5, 5.41) is 19.0. The highest BCUT2D eigenvalue weighted by molar-refractivity contribution is 5.74. The molecule has 33 heavy (non-hydrogen) atoms. The molecule has 174 valence electrons. The first kappa shape index (κ1) is 23.0. The quantitative estimate of drug-likeness (QED) is 0.475. The van der Waals surface area contributed by atoms with Gasteiger partial charge in [-0.25, -0.2) is 9.37 Å². The van der Waals surface area contributed by atoms with E-state index in [1.807, 2.05) is 19.1 Å². The first-order valence-corrected chi connectivity index (χ1v) is 11.4. The van der Waals surface area contributed by atoms with Crippen LogP contribution in [0.5, 0.6) is 17.5 Å². The van der Waals surface area contributed by atoms with Crippen LogP contribution in [0.4, 0.5) is 4.39 Å². The first-order valence-electron chi connectivity index (χ1n) is 11.4. The van der Waals surface area contributed by atoms with Crippen LogP contribution in [0, 0.1) is 5.41 Å². The third-order valence-electron chi connectivity index (χ3n) is 6.51. The first-order chi connectivity index (χ1) is 15.9. The predicted octanol–water partition coefficient (Wildman–Crippen LogP) is 6.00. The van der Waals surface area contributed by atoms with Gasteiger partial charge in [0, 0.05) is 29.3 Å². The molecule has 2 heterocycles. The number of hydrogen-bond acceptors (Lipinski definition) is 6. The number of phenols is 1. The number of ether oxygens (including phenoxy) is 2. The molecule has 1 aliphatic carbocycles. The number of aromatic hydroxyl groups is 1. The molecule has 3 atom stereocenters. The van der Waals surface area contributed by atoms with Gasteiger partial charge in [0.25, 0.3) is 0 Å². The second kappa shape index (κ2) is 9.73. The fourth-order valence-electron chi connectivity index (χ4n) is 4.70. The van der Waals surface area contributed by atoms with E-state index in [2.05, 4.69) is 22.1 Å². The minimum absolute atomic E-state index is 0.0812. The summed E-state index contributed by atoms with van der Waals surface area (Å²) in [5.41, 5.74) is 2.41. The monoisotopic (exact) mass is 451 g/mol. The van der Waals surface area contributed by atoms with Gasteiger partial charge in [0.15, 0.2) is 0 Å². The van der Waals surface area contributed by atoms with E-state index in [0.29, 0.717) is 29.4 Å². The summed E-state index contributed by atoms with van der Waals surface area (Å²) < 4.78 is 26.2. The van der Waals surface area contributed by atoms with Gasteiger partial charge in [0.05, 0.1) is 12.8 Å². The van der Waals surface area contributed by atoms with Crippen LogP contribution < -0.4 is 9.47 Å². The van der Waals surface area contributed by atoms with Crippen LogP contribution in [0.25, 0.3) is 22.4 Å². The molecule has 0 spiro atoms. The molecule has 1 fully saturated rings. The lowest BCUT2D eigenvalue weighted by Crippen LogP contribution is -2.45. The van der Waals surface area contributed by atoms with Crippen molar-refractivity contribution in [3.63, 3.8) is 0 Å². The van der Waals surface area contributed by atoms with E-state index in [-0.39, 0.29) is 11.2 Å². The fraction of sp³-hybridized carbons (Fsp3) is 0.423. The molecule has 1 aliphatic rings. The van der Waals surface area contributed by atoms with Crippen molar-refractivity contribution in [2.24, 2.45) is 5.41 Å². The van der Waals surface area contributed by atoms with Gasteiger partial charge in [-0.3, -0.25) is 0 Å². The van der Waals surface area contributed by atoms with Gasteiger partial charge in [-0.05, 0) is 61.1 Å². The molecule has 1 aromatic carbocycles. The Kier molecular flexibility index (Phi) is 6.77. The smallest absolute Gasteiger partial charge is 0.233 e. The highest BCUT2D eigenvalue weighted by Gasteiger charge is 2.43. The average molecular weight is 452 g/mol. The van der Waals surface area contributed by atoms with Crippen LogP contribution in [-0.2, 0) is 0 Å². The van der Waals surface area contributed by atoms with Crippen LogP contribution in [0.3, 0.4) is 0 Å². The fourth-order valence-corrected chi connectivity index (χ4v) is 4.70. The molecule has 7 heteroatoms. The summed E-state index contributed by atoms with van der Waals surface area (Å²) in [7, 11) is 1.56. The zero-order valence-corrected chi connectivity index (χ0v) is 19.3. The van der Waals surface area contributed by atoms with Crippen molar-refractivity contribution in [2.75, 3.05) is 7.11 Å². The molecule has 3 aromatic rings. The molecule has 2 aromatic heterocycles. The van der Waals surface area contributed by atoms with Crippen LogP contribution in [0.1, 0.15) is 46.0 Å². The minimum Gasteiger partial charge on any atom is -0.507 e. The van der Waals surface area contributed by atoms with E-state index in [9.17, 15) is 5.11 Å². The highest BCUT2D eigenvalue weighted by Crippen LogP contribution is 2.43. The van der Waals surface area contributed by atoms with E-state index < -0.39 is 12.3 Å². The number of methoxy groups -OCH3 is 1. The van der Waals surface area contributed by atoms with Gasteiger partial charge in [-0.2, -0.15) is 0 Å². The number of phenolic OH excluding ortho intramolecular Hbond substituents is 1. The Labute approximate surface area is 193 Å². The Balaban J connectivity index is 1.49. The van der Waals surface area contributed by atoms with Crippen molar-refractivity contribution >= 4 is 0 Å². The molecule has 0 unspecified atom stereocenters. The Morgan fingerprint density at radius 3 is 2.61 bits per heavy atom. The highest BCUT2D eigenvalue weighted by atomic mass is 19.1.